The molecule has 0 spiro atoms. The maximum absolute atomic E-state index is 11.5. The van der Waals surface area contributed by atoms with E-state index < -0.39 is 0 Å². The van der Waals surface area contributed by atoms with Crippen LogP contribution in [0, 0.1) is 0 Å². The van der Waals surface area contributed by atoms with E-state index in [0.29, 0.717) is 0 Å². The average molecular weight is 352 g/mol. The lowest BCUT2D eigenvalue weighted by molar-refractivity contribution is -0.116. The minimum absolute atomic E-state index is 0.0168. The van der Waals surface area contributed by atoms with E-state index in [-0.39, 0.29) is 5.91 Å². The smallest absolute Gasteiger partial charge is 0.223 e. The lowest BCUT2D eigenvalue weighted by Gasteiger charge is -2.16. The molecule has 5 nitrogen and oxygen atoms in total. The number of carbonyl (C=O) groups is 1. The molecule has 1 N–H and O–H groups in total. The van der Waals surface area contributed by atoms with Crippen molar-refractivity contribution < 1.29 is 4.79 Å². The molecule has 6 heteroatoms. The summed E-state index contributed by atoms with van der Waals surface area (Å²) in [7, 11) is 1.77. The lowest BCUT2D eigenvalue weighted by atomic mass is 9.97. The van der Waals surface area contributed by atoms with Crippen LogP contribution in [0.15, 0.2) is 30.6 Å². The molecule has 0 saturated heterocycles. The summed E-state index contributed by atoms with van der Waals surface area (Å²) in [6.07, 6.45) is 6.40. The van der Waals surface area contributed by atoms with Gasteiger partial charge in [-0.25, -0.2) is 9.97 Å². The number of aryl methyl sites for hydroxylation is 2. The molecule has 1 aliphatic rings. The van der Waals surface area contributed by atoms with Crippen molar-refractivity contribution in [2.75, 3.05) is 17.3 Å². The van der Waals surface area contributed by atoms with Crippen LogP contribution in [0.25, 0.3) is 10.2 Å². The minimum atomic E-state index is 0.0168. The van der Waals surface area contributed by atoms with Crippen LogP contribution < -0.4 is 10.2 Å². The van der Waals surface area contributed by atoms with E-state index in [1.54, 1.807) is 36.5 Å². The predicted octanol–water partition coefficient (Wildman–Crippen LogP) is 4.30. The van der Waals surface area contributed by atoms with E-state index in [1.807, 2.05) is 24.3 Å². The number of amides is 1. The van der Waals surface area contributed by atoms with Crippen LogP contribution in [0.5, 0.6) is 0 Å². The van der Waals surface area contributed by atoms with Crippen LogP contribution in [-0.2, 0) is 17.6 Å². The summed E-state index contributed by atoms with van der Waals surface area (Å²) in [5, 5.41) is 4.60. The van der Waals surface area contributed by atoms with E-state index in [0.717, 1.165) is 34.9 Å². The Kier molecular flexibility index (Phi) is 4.13. The zero-order chi connectivity index (χ0) is 17.4. The molecule has 0 aliphatic heterocycles. The Balaban J connectivity index is 1.67. The minimum Gasteiger partial charge on any atom is -0.340 e. The quantitative estimate of drug-likeness (QED) is 0.764. The molecule has 0 unspecified atom stereocenters. The first kappa shape index (κ1) is 16.0. The molecule has 1 aliphatic carbocycles. The lowest BCUT2D eigenvalue weighted by Crippen LogP contribution is -2.22. The van der Waals surface area contributed by atoms with Gasteiger partial charge in [0.1, 0.15) is 17.0 Å². The normalized spacial score (nSPS) is 13.5. The van der Waals surface area contributed by atoms with Gasteiger partial charge in [0.15, 0.2) is 0 Å². The Morgan fingerprint density at radius 1 is 1.16 bits per heavy atom. The van der Waals surface area contributed by atoms with Crippen molar-refractivity contribution in [3.63, 3.8) is 0 Å². The first-order valence-electron chi connectivity index (χ1n) is 8.50. The number of nitrogens with one attached hydrogen (secondary N) is 1. The van der Waals surface area contributed by atoms with Gasteiger partial charge >= 0.3 is 0 Å². The van der Waals surface area contributed by atoms with Crippen LogP contribution >= 0.6 is 11.3 Å². The first-order valence-corrected chi connectivity index (χ1v) is 9.32. The number of hydrogen-bond donors (Lipinski definition) is 1. The molecule has 3 aromatic rings. The highest BCUT2D eigenvalue weighted by Crippen LogP contribution is 2.38. The molecular formula is C19H20N4OS. The molecule has 0 atom stereocenters. The van der Waals surface area contributed by atoms with Crippen molar-refractivity contribution in [1.82, 2.24) is 9.97 Å². The molecule has 2 aromatic heterocycles. The summed E-state index contributed by atoms with van der Waals surface area (Å²) in [5.74, 6) is 0.889. The molecule has 0 fully saturated rings. The summed E-state index contributed by atoms with van der Waals surface area (Å²) in [5.41, 5.74) is 3.25. The molecule has 4 rings (SSSR count). The van der Waals surface area contributed by atoms with E-state index >= 15 is 0 Å². The molecule has 0 radical (unpaired) electrons. The van der Waals surface area contributed by atoms with E-state index in [2.05, 4.69) is 15.3 Å². The summed E-state index contributed by atoms with van der Waals surface area (Å²) < 4.78 is 0. The van der Waals surface area contributed by atoms with E-state index in [4.69, 9.17) is 0 Å². The van der Waals surface area contributed by atoms with Crippen LogP contribution in [-0.4, -0.2) is 22.9 Å². The summed E-state index contributed by atoms with van der Waals surface area (Å²) in [6.45, 7) is 1.56. The molecule has 2 heterocycles. The van der Waals surface area contributed by atoms with E-state index in [9.17, 15) is 4.79 Å². The second kappa shape index (κ2) is 6.44. The van der Waals surface area contributed by atoms with Crippen LogP contribution in [0.2, 0.25) is 0 Å². The fraction of sp³-hybridized carbons (Fsp3) is 0.316. The van der Waals surface area contributed by atoms with Gasteiger partial charge in [0, 0.05) is 30.2 Å². The van der Waals surface area contributed by atoms with Gasteiger partial charge in [0.25, 0.3) is 0 Å². The second-order valence-electron chi connectivity index (χ2n) is 6.36. The summed E-state index contributed by atoms with van der Waals surface area (Å²) in [6, 6.07) is 7.82. The van der Waals surface area contributed by atoms with Gasteiger partial charge in [-0.15, -0.1) is 11.3 Å². The number of hydrogen-bond acceptors (Lipinski definition) is 5. The number of rotatable bonds is 3. The van der Waals surface area contributed by atoms with Gasteiger partial charge < -0.3 is 10.2 Å². The van der Waals surface area contributed by atoms with Crippen LogP contribution in [0.3, 0.4) is 0 Å². The van der Waals surface area contributed by atoms with Gasteiger partial charge in [0.2, 0.25) is 5.91 Å². The number of carbonyl (C=O) groups excluding carboxylic acids is 1. The largest absolute Gasteiger partial charge is 0.340 e. The molecule has 0 saturated carbocycles. The van der Waals surface area contributed by atoms with Crippen molar-refractivity contribution in [3.05, 3.63) is 41.0 Å². The maximum atomic E-state index is 11.5. The van der Waals surface area contributed by atoms with Crippen LogP contribution in [0.4, 0.5) is 17.2 Å². The molecule has 128 valence electrons. The second-order valence-corrected chi connectivity index (χ2v) is 7.45. The highest BCUT2D eigenvalue weighted by molar-refractivity contribution is 7.19. The fourth-order valence-electron chi connectivity index (χ4n) is 3.27. The Morgan fingerprint density at radius 3 is 2.68 bits per heavy atom. The Hall–Kier alpha value is -2.47. The first-order chi connectivity index (χ1) is 12.1. The van der Waals surface area contributed by atoms with Crippen molar-refractivity contribution in [2.45, 2.75) is 32.6 Å². The molecule has 0 bridgehead atoms. The number of anilines is 3. The predicted molar refractivity (Wildman–Crippen MR) is 103 cm³/mol. The topological polar surface area (TPSA) is 58.1 Å². The SMILES string of the molecule is CC(=O)N(C)c1ccc(Nc2ncnc3sc4c(c23)CCCC4)cc1. The Bertz CT molecular complexity index is 932. The van der Waals surface area contributed by atoms with Gasteiger partial charge in [0.05, 0.1) is 5.39 Å². The summed E-state index contributed by atoms with van der Waals surface area (Å²) in [4.78, 5) is 24.6. The zero-order valence-corrected chi connectivity index (χ0v) is 15.2. The highest BCUT2D eigenvalue weighted by atomic mass is 32.1. The molecule has 25 heavy (non-hydrogen) atoms. The Labute approximate surface area is 150 Å². The standard InChI is InChI=1S/C19H20N4OS/c1-12(24)23(2)14-9-7-13(8-10-14)22-18-17-15-5-3-4-6-16(15)25-19(17)21-11-20-18/h7-11H,3-6H2,1-2H3,(H,20,21,22). The summed E-state index contributed by atoms with van der Waals surface area (Å²) >= 11 is 1.80. The highest BCUT2D eigenvalue weighted by Gasteiger charge is 2.19. The number of nitrogens with zero attached hydrogens (tertiary/aromatic N) is 3. The third-order valence-corrected chi connectivity index (χ3v) is 5.94. The average Bonchev–Trinajstić information content (AvgIpc) is 3.01. The maximum Gasteiger partial charge on any atom is 0.223 e. The fourth-order valence-corrected chi connectivity index (χ4v) is 4.50. The molecule has 1 aromatic carbocycles. The van der Waals surface area contributed by atoms with Crippen molar-refractivity contribution in [2.24, 2.45) is 0 Å². The number of thiophene rings is 1. The van der Waals surface area contributed by atoms with E-state index in [1.165, 1.54) is 28.7 Å². The number of aromatic nitrogens is 2. The van der Waals surface area contributed by atoms with Crippen LogP contribution in [0.1, 0.15) is 30.2 Å². The molecule has 1 amide bonds. The third kappa shape index (κ3) is 2.98. The Morgan fingerprint density at radius 2 is 1.92 bits per heavy atom. The van der Waals surface area contributed by atoms with Gasteiger partial charge in [-0.1, -0.05) is 0 Å². The molecular weight excluding hydrogens is 332 g/mol. The van der Waals surface area contributed by atoms with Gasteiger partial charge in [-0.3, -0.25) is 4.79 Å². The van der Waals surface area contributed by atoms with Gasteiger partial charge in [-0.05, 0) is 55.5 Å². The third-order valence-electron chi connectivity index (χ3n) is 4.74. The zero-order valence-electron chi connectivity index (χ0n) is 14.4. The van der Waals surface area contributed by atoms with Crippen molar-refractivity contribution in [3.8, 4) is 0 Å². The number of benzene rings is 1. The monoisotopic (exact) mass is 352 g/mol. The van der Waals surface area contributed by atoms with Crippen molar-refractivity contribution >= 4 is 44.7 Å². The van der Waals surface area contributed by atoms with Crippen molar-refractivity contribution in [1.29, 1.82) is 0 Å². The van der Waals surface area contributed by atoms with Gasteiger partial charge in [-0.2, -0.15) is 0 Å². The number of fused-ring (bicyclic) bond motifs is 3.